The lowest BCUT2D eigenvalue weighted by Gasteiger charge is -2.09. The van der Waals surface area contributed by atoms with Gasteiger partial charge in [0.25, 0.3) is 10.1 Å². The Labute approximate surface area is 80.5 Å². The van der Waals surface area contributed by atoms with Gasteiger partial charge in [-0.2, -0.15) is 8.42 Å². The maximum Gasteiger partial charge on any atom is 0.265 e. The molecule has 2 N–H and O–H groups in total. The van der Waals surface area contributed by atoms with Gasteiger partial charge in [-0.15, -0.1) is 0 Å². The molecule has 0 saturated carbocycles. The van der Waals surface area contributed by atoms with Crippen molar-refractivity contribution in [2.24, 2.45) is 5.92 Å². The number of nitrogens with one attached hydrogen (secondary N) is 1. The number of hydrogen-bond donors (Lipinski definition) is 2. The van der Waals surface area contributed by atoms with Gasteiger partial charge in [-0.1, -0.05) is 20.3 Å². The van der Waals surface area contributed by atoms with Gasteiger partial charge < -0.3 is 5.32 Å². The summed E-state index contributed by atoms with van der Waals surface area (Å²) in [5.74, 6) is -0.196. The van der Waals surface area contributed by atoms with Crippen molar-refractivity contribution in [1.29, 1.82) is 0 Å². The van der Waals surface area contributed by atoms with Crippen molar-refractivity contribution in [2.75, 3.05) is 18.8 Å². The lowest BCUT2D eigenvalue weighted by molar-refractivity contribution is 0.461. The van der Waals surface area contributed by atoms with Gasteiger partial charge in [0.15, 0.2) is 0 Å². The average molecular weight is 209 g/mol. The van der Waals surface area contributed by atoms with Crippen LogP contribution in [0.15, 0.2) is 0 Å². The lowest BCUT2D eigenvalue weighted by atomic mass is 10.2. The predicted octanol–water partition coefficient (Wildman–Crippen LogP) is 0.900. The van der Waals surface area contributed by atoms with Crippen molar-refractivity contribution in [3.63, 3.8) is 0 Å². The highest BCUT2D eigenvalue weighted by atomic mass is 32.2. The zero-order chi connectivity index (χ0) is 10.3. The van der Waals surface area contributed by atoms with Gasteiger partial charge in [0.05, 0.1) is 5.75 Å². The van der Waals surface area contributed by atoms with Crippen LogP contribution in [0.2, 0.25) is 0 Å². The van der Waals surface area contributed by atoms with E-state index in [2.05, 4.69) is 12.2 Å². The molecular weight excluding hydrogens is 190 g/mol. The molecule has 5 heteroatoms. The largest absolute Gasteiger partial charge is 0.316 e. The van der Waals surface area contributed by atoms with Crippen LogP contribution in [0.3, 0.4) is 0 Å². The Morgan fingerprint density at radius 1 is 1.46 bits per heavy atom. The van der Waals surface area contributed by atoms with Gasteiger partial charge in [0.1, 0.15) is 0 Å². The van der Waals surface area contributed by atoms with E-state index in [0.717, 1.165) is 19.4 Å². The number of unbranched alkanes of at least 4 members (excludes halogenated alkanes) is 1. The fourth-order valence-corrected chi connectivity index (χ4v) is 1.91. The summed E-state index contributed by atoms with van der Waals surface area (Å²) in [5.41, 5.74) is 0. The molecular formula is C8H19NO3S. The molecule has 1 unspecified atom stereocenters. The van der Waals surface area contributed by atoms with E-state index in [1.165, 1.54) is 0 Å². The maximum atomic E-state index is 10.5. The topological polar surface area (TPSA) is 66.4 Å². The summed E-state index contributed by atoms with van der Waals surface area (Å²) in [4.78, 5) is 0. The summed E-state index contributed by atoms with van der Waals surface area (Å²) in [7, 11) is -3.81. The minimum Gasteiger partial charge on any atom is -0.316 e. The number of rotatable bonds is 7. The summed E-state index contributed by atoms with van der Waals surface area (Å²) in [6.45, 7) is 5.45. The monoisotopic (exact) mass is 209 g/mol. The van der Waals surface area contributed by atoms with Crippen LogP contribution in [-0.2, 0) is 10.1 Å². The summed E-state index contributed by atoms with van der Waals surface area (Å²) in [6.07, 6.45) is 2.22. The van der Waals surface area contributed by atoms with Crippen molar-refractivity contribution in [3.05, 3.63) is 0 Å². The highest BCUT2D eigenvalue weighted by Crippen LogP contribution is 1.97. The fourth-order valence-electron chi connectivity index (χ4n) is 1.07. The lowest BCUT2D eigenvalue weighted by Crippen LogP contribution is -2.26. The molecule has 0 amide bonds. The zero-order valence-corrected chi connectivity index (χ0v) is 9.10. The van der Waals surface area contributed by atoms with Gasteiger partial charge in [0.2, 0.25) is 0 Å². The molecule has 0 saturated heterocycles. The van der Waals surface area contributed by atoms with E-state index in [1.54, 1.807) is 6.92 Å². The Hall–Kier alpha value is -0.130. The Balaban J connectivity index is 3.47. The standard InChI is InChI=1S/C8H19NO3S/c1-3-4-5-9-6-8(2)7-13(10,11)12/h8-9H,3-7H2,1-2H3,(H,10,11,12). The molecule has 0 aromatic carbocycles. The van der Waals surface area contributed by atoms with Crippen LogP contribution in [0.25, 0.3) is 0 Å². The van der Waals surface area contributed by atoms with Crippen LogP contribution in [0, 0.1) is 5.92 Å². The molecule has 0 aromatic rings. The first-order valence-corrected chi connectivity index (χ1v) is 6.22. The second-order valence-corrected chi connectivity index (χ2v) is 4.91. The van der Waals surface area contributed by atoms with E-state index in [9.17, 15) is 8.42 Å². The molecule has 0 heterocycles. The minimum absolute atomic E-state index is 0.0353. The van der Waals surface area contributed by atoms with E-state index >= 15 is 0 Å². The van der Waals surface area contributed by atoms with E-state index in [-0.39, 0.29) is 11.7 Å². The molecule has 0 aliphatic rings. The van der Waals surface area contributed by atoms with Gasteiger partial charge in [-0.05, 0) is 25.4 Å². The molecule has 0 fully saturated rings. The van der Waals surface area contributed by atoms with Crippen molar-refractivity contribution in [1.82, 2.24) is 5.32 Å². The van der Waals surface area contributed by atoms with Gasteiger partial charge >= 0.3 is 0 Å². The Kier molecular flexibility index (Phi) is 6.28. The first-order valence-electron chi connectivity index (χ1n) is 4.61. The van der Waals surface area contributed by atoms with Crippen molar-refractivity contribution >= 4 is 10.1 Å². The third kappa shape index (κ3) is 9.79. The second-order valence-electron chi connectivity index (χ2n) is 3.41. The highest BCUT2D eigenvalue weighted by molar-refractivity contribution is 7.85. The first kappa shape index (κ1) is 12.9. The van der Waals surface area contributed by atoms with Crippen molar-refractivity contribution < 1.29 is 13.0 Å². The summed E-state index contributed by atoms with van der Waals surface area (Å²) in [6, 6.07) is 0. The van der Waals surface area contributed by atoms with Crippen LogP contribution in [0.4, 0.5) is 0 Å². The molecule has 0 spiro atoms. The van der Waals surface area contributed by atoms with Crippen LogP contribution in [0.5, 0.6) is 0 Å². The molecule has 0 aromatic heterocycles. The highest BCUT2D eigenvalue weighted by Gasteiger charge is 2.11. The Morgan fingerprint density at radius 3 is 2.54 bits per heavy atom. The van der Waals surface area contributed by atoms with Crippen LogP contribution < -0.4 is 5.32 Å². The third-order valence-corrected chi connectivity index (χ3v) is 2.69. The van der Waals surface area contributed by atoms with E-state index < -0.39 is 10.1 Å². The van der Waals surface area contributed by atoms with Crippen molar-refractivity contribution in [2.45, 2.75) is 26.7 Å². The molecule has 0 aliphatic heterocycles. The van der Waals surface area contributed by atoms with Gasteiger partial charge in [-0.3, -0.25) is 4.55 Å². The summed E-state index contributed by atoms with van der Waals surface area (Å²) >= 11 is 0. The molecule has 0 aliphatic carbocycles. The van der Waals surface area contributed by atoms with E-state index in [1.807, 2.05) is 0 Å². The van der Waals surface area contributed by atoms with Crippen LogP contribution in [0.1, 0.15) is 26.7 Å². The molecule has 13 heavy (non-hydrogen) atoms. The fraction of sp³-hybridized carbons (Fsp3) is 1.00. The molecule has 0 rings (SSSR count). The minimum atomic E-state index is -3.81. The van der Waals surface area contributed by atoms with Gasteiger partial charge in [-0.25, -0.2) is 0 Å². The molecule has 0 radical (unpaired) electrons. The first-order chi connectivity index (χ1) is 5.95. The molecule has 4 nitrogen and oxygen atoms in total. The van der Waals surface area contributed by atoms with Crippen LogP contribution >= 0.6 is 0 Å². The molecule has 80 valence electrons. The third-order valence-electron chi connectivity index (χ3n) is 1.70. The SMILES string of the molecule is CCCCNCC(C)CS(=O)(=O)O. The van der Waals surface area contributed by atoms with E-state index in [0.29, 0.717) is 6.54 Å². The average Bonchev–Trinajstić information content (AvgIpc) is 1.94. The summed E-state index contributed by atoms with van der Waals surface area (Å²) in [5, 5.41) is 3.13. The quantitative estimate of drug-likeness (QED) is 0.483. The number of hydrogen-bond acceptors (Lipinski definition) is 3. The smallest absolute Gasteiger partial charge is 0.265 e. The van der Waals surface area contributed by atoms with E-state index in [4.69, 9.17) is 4.55 Å². The van der Waals surface area contributed by atoms with Crippen LogP contribution in [-0.4, -0.2) is 31.8 Å². The zero-order valence-electron chi connectivity index (χ0n) is 8.28. The van der Waals surface area contributed by atoms with Crippen molar-refractivity contribution in [3.8, 4) is 0 Å². The molecule has 0 bridgehead atoms. The van der Waals surface area contributed by atoms with Gasteiger partial charge in [0, 0.05) is 0 Å². The second kappa shape index (κ2) is 6.34. The summed E-state index contributed by atoms with van der Waals surface area (Å²) < 4.78 is 29.5. The Bertz CT molecular complexity index is 213. The Morgan fingerprint density at radius 2 is 2.08 bits per heavy atom. The predicted molar refractivity (Wildman–Crippen MR) is 53.4 cm³/mol. The normalized spacial score (nSPS) is 14.4. The maximum absolute atomic E-state index is 10.5. The molecule has 1 atom stereocenters.